The number of ether oxygens (including phenoxy) is 2. The summed E-state index contributed by atoms with van der Waals surface area (Å²) in [6.45, 7) is 3.14. The van der Waals surface area contributed by atoms with Crippen LogP contribution < -0.4 is 9.47 Å². The number of carbonyl (C=O) groups is 1. The molecule has 0 amide bonds. The predicted octanol–water partition coefficient (Wildman–Crippen LogP) is 2.52. The lowest BCUT2D eigenvalue weighted by molar-refractivity contribution is 0.111. The highest BCUT2D eigenvalue weighted by Gasteiger charge is 2.11. The Morgan fingerprint density at radius 3 is 2.59 bits per heavy atom. The second kappa shape index (κ2) is 8.17. The number of aldehydes is 1. The van der Waals surface area contributed by atoms with Crippen LogP contribution in [-0.2, 0) is 13.0 Å². The van der Waals surface area contributed by atoms with E-state index in [1.54, 1.807) is 11.8 Å². The Morgan fingerprint density at radius 2 is 1.95 bits per heavy atom. The van der Waals surface area contributed by atoms with Gasteiger partial charge in [-0.15, -0.1) is 5.10 Å². The highest BCUT2D eigenvalue weighted by Crippen LogP contribution is 2.17. The van der Waals surface area contributed by atoms with Crippen LogP contribution in [0.1, 0.15) is 35.9 Å². The standard InChI is InChI=1S/C16H21N3O3/c1-3-4-5-16-15(12-20)17-18-19(16)10-11-22-14-8-6-13(21-2)7-9-14/h6-9,12H,3-5,10-11H2,1-2H3. The molecule has 2 aromatic rings. The number of hydrogen-bond acceptors (Lipinski definition) is 5. The zero-order valence-electron chi connectivity index (χ0n) is 13.0. The first-order valence-corrected chi connectivity index (χ1v) is 7.43. The number of unbranched alkanes of at least 4 members (excludes halogenated alkanes) is 1. The molecule has 1 aromatic heterocycles. The average molecular weight is 303 g/mol. The second-order valence-corrected chi connectivity index (χ2v) is 4.89. The minimum atomic E-state index is 0.429. The van der Waals surface area contributed by atoms with Crippen LogP contribution in [0.5, 0.6) is 11.5 Å². The first kappa shape index (κ1) is 16.0. The summed E-state index contributed by atoms with van der Waals surface area (Å²) in [5.41, 5.74) is 1.31. The topological polar surface area (TPSA) is 66.2 Å². The summed E-state index contributed by atoms with van der Waals surface area (Å²) in [5.74, 6) is 1.56. The van der Waals surface area contributed by atoms with E-state index >= 15 is 0 Å². The lowest BCUT2D eigenvalue weighted by atomic mass is 10.2. The summed E-state index contributed by atoms with van der Waals surface area (Å²) in [6.07, 6.45) is 3.64. The fourth-order valence-electron chi connectivity index (χ4n) is 2.14. The van der Waals surface area contributed by atoms with Crippen LogP contribution in [0, 0.1) is 0 Å². The molecule has 0 aliphatic heterocycles. The van der Waals surface area contributed by atoms with E-state index < -0.39 is 0 Å². The van der Waals surface area contributed by atoms with Crippen LogP contribution in [0.2, 0.25) is 0 Å². The Kier molecular flexibility index (Phi) is 5.94. The Bertz CT molecular complexity index is 593. The maximum Gasteiger partial charge on any atom is 0.172 e. The smallest absolute Gasteiger partial charge is 0.172 e. The van der Waals surface area contributed by atoms with Crippen LogP contribution in [0.15, 0.2) is 24.3 Å². The summed E-state index contributed by atoms with van der Waals surface area (Å²) in [5, 5.41) is 7.94. The van der Waals surface area contributed by atoms with Gasteiger partial charge in [0.05, 0.1) is 19.3 Å². The van der Waals surface area contributed by atoms with E-state index in [4.69, 9.17) is 9.47 Å². The van der Waals surface area contributed by atoms with Crippen molar-refractivity contribution >= 4 is 6.29 Å². The molecule has 22 heavy (non-hydrogen) atoms. The number of benzene rings is 1. The van der Waals surface area contributed by atoms with Crippen LogP contribution in [0.3, 0.4) is 0 Å². The van der Waals surface area contributed by atoms with E-state index in [0.717, 1.165) is 42.7 Å². The van der Waals surface area contributed by atoms with Crippen molar-refractivity contribution in [2.45, 2.75) is 32.7 Å². The van der Waals surface area contributed by atoms with Gasteiger partial charge in [0.15, 0.2) is 6.29 Å². The third-order valence-electron chi connectivity index (χ3n) is 3.38. The van der Waals surface area contributed by atoms with E-state index in [9.17, 15) is 4.79 Å². The van der Waals surface area contributed by atoms with E-state index in [2.05, 4.69) is 17.2 Å². The van der Waals surface area contributed by atoms with Crippen molar-refractivity contribution in [1.82, 2.24) is 15.0 Å². The van der Waals surface area contributed by atoms with Crippen molar-refractivity contribution in [1.29, 1.82) is 0 Å². The van der Waals surface area contributed by atoms with Crippen LogP contribution in [0.25, 0.3) is 0 Å². The normalized spacial score (nSPS) is 10.5. The third-order valence-corrected chi connectivity index (χ3v) is 3.38. The average Bonchev–Trinajstić information content (AvgIpc) is 2.95. The Morgan fingerprint density at radius 1 is 1.23 bits per heavy atom. The zero-order chi connectivity index (χ0) is 15.8. The minimum Gasteiger partial charge on any atom is -0.497 e. The predicted molar refractivity (Wildman–Crippen MR) is 82.5 cm³/mol. The highest BCUT2D eigenvalue weighted by molar-refractivity contribution is 5.73. The summed E-state index contributed by atoms with van der Waals surface area (Å²) in [6, 6.07) is 7.41. The number of hydrogen-bond donors (Lipinski definition) is 0. The van der Waals surface area contributed by atoms with Crippen molar-refractivity contribution in [2.75, 3.05) is 13.7 Å². The molecule has 0 bridgehead atoms. The molecule has 0 fully saturated rings. The number of methoxy groups -OCH3 is 1. The van der Waals surface area contributed by atoms with Gasteiger partial charge in [0.1, 0.15) is 23.8 Å². The molecule has 118 valence electrons. The van der Waals surface area contributed by atoms with Gasteiger partial charge in [0, 0.05) is 0 Å². The van der Waals surface area contributed by atoms with E-state index in [1.165, 1.54) is 0 Å². The zero-order valence-corrected chi connectivity index (χ0v) is 13.0. The van der Waals surface area contributed by atoms with Gasteiger partial charge in [-0.3, -0.25) is 4.79 Å². The number of aromatic nitrogens is 3. The first-order valence-electron chi connectivity index (χ1n) is 7.43. The lowest BCUT2D eigenvalue weighted by Gasteiger charge is -2.09. The Hall–Kier alpha value is -2.37. The van der Waals surface area contributed by atoms with Crippen LogP contribution in [-0.4, -0.2) is 35.0 Å². The minimum absolute atomic E-state index is 0.429. The number of rotatable bonds is 9. The third kappa shape index (κ3) is 4.07. The van der Waals surface area contributed by atoms with Gasteiger partial charge in [-0.1, -0.05) is 18.6 Å². The molecule has 1 aromatic carbocycles. The molecule has 0 aliphatic carbocycles. The van der Waals surface area contributed by atoms with Crippen molar-refractivity contribution in [3.63, 3.8) is 0 Å². The van der Waals surface area contributed by atoms with E-state index in [-0.39, 0.29) is 0 Å². The monoisotopic (exact) mass is 303 g/mol. The second-order valence-electron chi connectivity index (χ2n) is 4.89. The fourth-order valence-corrected chi connectivity index (χ4v) is 2.14. The maximum atomic E-state index is 11.0. The molecule has 0 atom stereocenters. The van der Waals surface area contributed by atoms with Crippen LogP contribution in [0.4, 0.5) is 0 Å². The molecule has 0 radical (unpaired) electrons. The number of nitrogens with zero attached hydrogens (tertiary/aromatic N) is 3. The molecule has 2 rings (SSSR count). The fraction of sp³-hybridized carbons (Fsp3) is 0.438. The molecule has 6 heteroatoms. The van der Waals surface area contributed by atoms with Gasteiger partial charge >= 0.3 is 0 Å². The molecular formula is C16H21N3O3. The van der Waals surface area contributed by atoms with Gasteiger partial charge in [-0.2, -0.15) is 0 Å². The molecule has 0 N–H and O–H groups in total. The summed E-state index contributed by atoms with van der Waals surface area (Å²) in [4.78, 5) is 11.0. The van der Waals surface area contributed by atoms with Crippen LogP contribution >= 0.6 is 0 Å². The van der Waals surface area contributed by atoms with Crippen molar-refractivity contribution in [3.8, 4) is 11.5 Å². The summed E-state index contributed by atoms with van der Waals surface area (Å²) < 4.78 is 12.5. The number of carbonyl (C=O) groups excluding carboxylic acids is 1. The molecule has 6 nitrogen and oxygen atoms in total. The maximum absolute atomic E-state index is 11.0. The van der Waals surface area contributed by atoms with E-state index in [1.807, 2.05) is 24.3 Å². The quantitative estimate of drug-likeness (QED) is 0.666. The molecule has 0 spiro atoms. The largest absolute Gasteiger partial charge is 0.497 e. The Balaban J connectivity index is 1.92. The van der Waals surface area contributed by atoms with Crippen molar-refractivity contribution in [2.24, 2.45) is 0 Å². The van der Waals surface area contributed by atoms with Gasteiger partial charge < -0.3 is 9.47 Å². The van der Waals surface area contributed by atoms with Crippen molar-refractivity contribution < 1.29 is 14.3 Å². The van der Waals surface area contributed by atoms with E-state index in [0.29, 0.717) is 18.8 Å². The summed E-state index contributed by atoms with van der Waals surface area (Å²) >= 11 is 0. The van der Waals surface area contributed by atoms with Gasteiger partial charge in [-0.05, 0) is 37.1 Å². The molecule has 1 heterocycles. The Labute approximate surface area is 130 Å². The van der Waals surface area contributed by atoms with Gasteiger partial charge in [0.25, 0.3) is 0 Å². The first-order chi connectivity index (χ1) is 10.8. The van der Waals surface area contributed by atoms with Crippen molar-refractivity contribution in [3.05, 3.63) is 35.7 Å². The molecule has 0 unspecified atom stereocenters. The highest BCUT2D eigenvalue weighted by atomic mass is 16.5. The SMILES string of the molecule is CCCCc1c(C=O)nnn1CCOc1ccc(OC)cc1. The van der Waals surface area contributed by atoms with Gasteiger partial charge in [-0.25, -0.2) is 4.68 Å². The summed E-state index contributed by atoms with van der Waals surface area (Å²) in [7, 11) is 1.63. The molecule has 0 saturated heterocycles. The molecular weight excluding hydrogens is 282 g/mol. The molecule has 0 saturated carbocycles. The lowest BCUT2D eigenvalue weighted by Crippen LogP contribution is -2.13. The van der Waals surface area contributed by atoms with Gasteiger partial charge in [0.2, 0.25) is 0 Å². The molecule has 0 aliphatic rings.